The molecular formula is C17H13BrN2OS. The van der Waals surface area contributed by atoms with Crippen molar-refractivity contribution in [3.8, 4) is 11.3 Å². The van der Waals surface area contributed by atoms with E-state index < -0.39 is 0 Å². The van der Waals surface area contributed by atoms with Crippen molar-refractivity contribution in [3.05, 3.63) is 69.5 Å². The van der Waals surface area contributed by atoms with Crippen molar-refractivity contribution in [3.63, 3.8) is 0 Å². The number of thiazole rings is 1. The van der Waals surface area contributed by atoms with Gasteiger partial charge in [-0.1, -0.05) is 45.8 Å². The smallest absolute Gasteiger partial charge is 0.257 e. The van der Waals surface area contributed by atoms with E-state index in [1.165, 1.54) is 11.3 Å². The van der Waals surface area contributed by atoms with Gasteiger partial charge in [-0.05, 0) is 31.2 Å². The molecule has 2 aromatic carbocycles. The predicted molar refractivity (Wildman–Crippen MR) is 94.4 cm³/mol. The fourth-order valence-corrected chi connectivity index (χ4v) is 3.18. The monoisotopic (exact) mass is 372 g/mol. The third-order valence-electron chi connectivity index (χ3n) is 3.13. The summed E-state index contributed by atoms with van der Waals surface area (Å²) < 4.78 is 1.00. The van der Waals surface area contributed by atoms with Crippen molar-refractivity contribution in [2.75, 3.05) is 5.32 Å². The molecule has 0 aliphatic heterocycles. The average molecular weight is 373 g/mol. The molecule has 0 saturated carbocycles. The Morgan fingerprint density at radius 1 is 1.18 bits per heavy atom. The fourth-order valence-electron chi connectivity index (χ4n) is 2.07. The van der Waals surface area contributed by atoms with E-state index in [1.54, 1.807) is 6.07 Å². The third-order valence-corrected chi connectivity index (χ3v) is 4.38. The second kappa shape index (κ2) is 6.42. The number of carbonyl (C=O) groups excluding carboxylic acids is 1. The Hall–Kier alpha value is -1.98. The summed E-state index contributed by atoms with van der Waals surface area (Å²) in [7, 11) is 0. The molecule has 0 bridgehead atoms. The molecule has 3 aromatic rings. The Bertz CT molecular complexity index is 829. The van der Waals surface area contributed by atoms with E-state index in [-0.39, 0.29) is 5.91 Å². The lowest BCUT2D eigenvalue weighted by atomic mass is 10.1. The highest BCUT2D eigenvalue weighted by Gasteiger charge is 2.10. The normalized spacial score (nSPS) is 10.5. The van der Waals surface area contributed by atoms with Crippen molar-refractivity contribution in [2.45, 2.75) is 6.92 Å². The Morgan fingerprint density at radius 3 is 2.77 bits per heavy atom. The Balaban J connectivity index is 1.78. The number of carbonyl (C=O) groups is 1. The Labute approximate surface area is 141 Å². The van der Waals surface area contributed by atoms with Crippen molar-refractivity contribution in [1.82, 2.24) is 4.98 Å². The van der Waals surface area contributed by atoms with Gasteiger partial charge < -0.3 is 0 Å². The summed E-state index contributed by atoms with van der Waals surface area (Å²) in [6.45, 7) is 1.96. The lowest BCUT2D eigenvalue weighted by Gasteiger charge is -2.02. The largest absolute Gasteiger partial charge is 0.298 e. The summed E-state index contributed by atoms with van der Waals surface area (Å²) in [5.41, 5.74) is 3.56. The van der Waals surface area contributed by atoms with Gasteiger partial charge in [0.25, 0.3) is 5.91 Å². The molecule has 22 heavy (non-hydrogen) atoms. The van der Waals surface area contributed by atoms with Crippen LogP contribution in [0.15, 0.2) is 58.4 Å². The van der Waals surface area contributed by atoms with Gasteiger partial charge in [0.15, 0.2) is 5.13 Å². The van der Waals surface area contributed by atoms with Crippen LogP contribution in [0.1, 0.15) is 15.9 Å². The average Bonchev–Trinajstić information content (AvgIpc) is 2.96. The van der Waals surface area contributed by atoms with Crippen LogP contribution in [0.2, 0.25) is 0 Å². The summed E-state index contributed by atoms with van der Waals surface area (Å²) in [6.07, 6.45) is 0. The van der Waals surface area contributed by atoms with Crippen molar-refractivity contribution < 1.29 is 4.79 Å². The van der Waals surface area contributed by atoms with Gasteiger partial charge in [-0.15, -0.1) is 11.3 Å². The molecule has 0 aliphatic rings. The molecule has 0 spiro atoms. The molecule has 3 rings (SSSR count). The van der Waals surface area contributed by atoms with Crippen LogP contribution in [-0.4, -0.2) is 10.9 Å². The highest BCUT2D eigenvalue weighted by Crippen LogP contribution is 2.27. The number of rotatable bonds is 3. The minimum atomic E-state index is -0.140. The second-order valence-corrected chi connectivity index (χ2v) is 6.65. The number of aromatic nitrogens is 1. The first-order valence-electron chi connectivity index (χ1n) is 6.71. The van der Waals surface area contributed by atoms with Crippen LogP contribution in [0.4, 0.5) is 5.13 Å². The molecule has 110 valence electrons. The first-order chi connectivity index (χ1) is 10.6. The van der Waals surface area contributed by atoms with E-state index >= 15 is 0 Å². The van der Waals surface area contributed by atoms with E-state index in [0.717, 1.165) is 21.3 Å². The molecule has 0 atom stereocenters. The fraction of sp³-hybridized carbons (Fsp3) is 0.0588. The maximum absolute atomic E-state index is 12.2. The molecule has 1 amide bonds. The number of amides is 1. The van der Waals surface area contributed by atoms with Crippen LogP contribution in [0.5, 0.6) is 0 Å². The topological polar surface area (TPSA) is 42.0 Å². The lowest BCUT2D eigenvalue weighted by Crippen LogP contribution is -2.11. The van der Waals surface area contributed by atoms with E-state index in [4.69, 9.17) is 0 Å². The molecular weight excluding hydrogens is 360 g/mol. The minimum absolute atomic E-state index is 0.140. The second-order valence-electron chi connectivity index (χ2n) is 4.87. The minimum Gasteiger partial charge on any atom is -0.298 e. The van der Waals surface area contributed by atoms with Gasteiger partial charge in [0.05, 0.1) is 5.69 Å². The van der Waals surface area contributed by atoms with Crippen LogP contribution in [0.3, 0.4) is 0 Å². The first-order valence-corrected chi connectivity index (χ1v) is 8.38. The number of nitrogens with zero attached hydrogens (tertiary/aromatic N) is 1. The van der Waals surface area contributed by atoms with Gasteiger partial charge in [0, 0.05) is 21.0 Å². The highest BCUT2D eigenvalue weighted by atomic mass is 79.9. The zero-order valence-corrected chi connectivity index (χ0v) is 14.2. The molecule has 1 N–H and O–H groups in total. The zero-order chi connectivity index (χ0) is 15.5. The van der Waals surface area contributed by atoms with Gasteiger partial charge in [-0.25, -0.2) is 4.98 Å². The van der Waals surface area contributed by atoms with Crippen molar-refractivity contribution >= 4 is 38.3 Å². The maximum Gasteiger partial charge on any atom is 0.257 e. The SMILES string of the molecule is Cc1cccc(C(=O)Nc2nc(-c3cccc(Br)c3)cs2)c1. The molecule has 1 heterocycles. The summed E-state index contributed by atoms with van der Waals surface area (Å²) >= 11 is 4.87. The number of halogens is 1. The Morgan fingerprint density at radius 2 is 2.00 bits per heavy atom. The van der Waals surface area contributed by atoms with Crippen LogP contribution in [0, 0.1) is 6.92 Å². The van der Waals surface area contributed by atoms with Crippen LogP contribution in [-0.2, 0) is 0 Å². The number of nitrogens with one attached hydrogen (secondary N) is 1. The summed E-state index contributed by atoms with van der Waals surface area (Å²) in [5.74, 6) is -0.140. The van der Waals surface area contributed by atoms with E-state index in [9.17, 15) is 4.79 Å². The zero-order valence-electron chi connectivity index (χ0n) is 11.8. The summed E-state index contributed by atoms with van der Waals surface area (Å²) in [4.78, 5) is 16.7. The number of hydrogen-bond donors (Lipinski definition) is 1. The quantitative estimate of drug-likeness (QED) is 0.691. The lowest BCUT2D eigenvalue weighted by molar-refractivity contribution is 0.102. The van der Waals surface area contributed by atoms with Gasteiger partial charge in [0.2, 0.25) is 0 Å². The van der Waals surface area contributed by atoms with Gasteiger partial charge in [0.1, 0.15) is 0 Å². The molecule has 0 saturated heterocycles. The van der Waals surface area contributed by atoms with E-state index in [2.05, 4.69) is 26.2 Å². The summed E-state index contributed by atoms with van der Waals surface area (Å²) in [6, 6.07) is 15.4. The van der Waals surface area contributed by atoms with Gasteiger partial charge >= 0.3 is 0 Å². The van der Waals surface area contributed by atoms with Gasteiger partial charge in [-0.2, -0.15) is 0 Å². The van der Waals surface area contributed by atoms with Crippen LogP contribution < -0.4 is 5.32 Å². The first kappa shape index (κ1) is 14.9. The van der Waals surface area contributed by atoms with E-state index in [1.807, 2.05) is 54.8 Å². The molecule has 5 heteroatoms. The molecule has 0 unspecified atom stereocenters. The van der Waals surface area contributed by atoms with Crippen LogP contribution in [0.25, 0.3) is 11.3 Å². The molecule has 1 aromatic heterocycles. The predicted octanol–water partition coefficient (Wildman–Crippen LogP) is 5.13. The number of benzene rings is 2. The van der Waals surface area contributed by atoms with Gasteiger partial charge in [-0.3, -0.25) is 10.1 Å². The summed E-state index contributed by atoms with van der Waals surface area (Å²) in [5, 5.41) is 5.38. The number of aryl methyl sites for hydroxylation is 1. The van der Waals surface area contributed by atoms with Crippen molar-refractivity contribution in [1.29, 1.82) is 0 Å². The number of hydrogen-bond acceptors (Lipinski definition) is 3. The van der Waals surface area contributed by atoms with Crippen LogP contribution >= 0.6 is 27.3 Å². The molecule has 0 aliphatic carbocycles. The third kappa shape index (κ3) is 3.43. The van der Waals surface area contributed by atoms with Crippen molar-refractivity contribution in [2.24, 2.45) is 0 Å². The molecule has 3 nitrogen and oxygen atoms in total. The Kier molecular flexibility index (Phi) is 4.36. The van der Waals surface area contributed by atoms with E-state index in [0.29, 0.717) is 10.7 Å². The highest BCUT2D eigenvalue weighted by molar-refractivity contribution is 9.10. The molecule has 0 fully saturated rings. The standard InChI is InChI=1S/C17H13BrN2OS/c1-11-4-2-6-13(8-11)16(21)20-17-19-15(10-22-17)12-5-3-7-14(18)9-12/h2-10H,1H3,(H,19,20,21). The number of anilines is 1. The molecule has 0 radical (unpaired) electrons. The maximum atomic E-state index is 12.2.